The van der Waals surface area contributed by atoms with Crippen LogP contribution >= 0.6 is 47.6 Å². The highest BCUT2D eigenvalue weighted by molar-refractivity contribution is 7.98. The third-order valence-corrected chi connectivity index (χ3v) is 7.68. The molecule has 10 heteroatoms. The number of hydrogen-bond acceptors (Lipinski definition) is 6. The molecule has 0 aliphatic rings. The summed E-state index contributed by atoms with van der Waals surface area (Å²) in [5.41, 5.74) is 1.37. The lowest BCUT2D eigenvalue weighted by atomic mass is 9.87. The van der Waals surface area contributed by atoms with Gasteiger partial charge in [-0.1, -0.05) is 68.2 Å². The van der Waals surface area contributed by atoms with Crippen LogP contribution in [0.3, 0.4) is 0 Å². The average Bonchev–Trinajstić information content (AvgIpc) is 2.77. The summed E-state index contributed by atoms with van der Waals surface area (Å²) in [7, 11) is 0. The number of thiol groups is 1. The van der Waals surface area contributed by atoms with Gasteiger partial charge in [0, 0.05) is 10.6 Å². The molecule has 2 heterocycles. The third-order valence-electron chi connectivity index (χ3n) is 5.27. The lowest BCUT2D eigenvalue weighted by molar-refractivity contribution is 0.336. The Kier molecular flexibility index (Phi) is 10.2. The number of aromatic nitrogens is 4. The SMILES string of the molecule is CC(C)(C)c1ccc(CSc2cnn(C(C)(C)C)c(=O)c2Cl)cc1.CC(C)(C)n1ncc(S)c(Cl)c1=O. The van der Waals surface area contributed by atoms with Crippen molar-refractivity contribution in [2.75, 3.05) is 0 Å². The maximum atomic E-state index is 12.4. The largest absolute Gasteiger partial charge is 0.287 e. The van der Waals surface area contributed by atoms with E-state index in [1.807, 2.05) is 41.5 Å². The molecule has 0 saturated carbocycles. The molecule has 37 heavy (non-hydrogen) atoms. The Hall–Kier alpha value is -1.74. The topological polar surface area (TPSA) is 69.8 Å². The molecule has 0 amide bonds. The summed E-state index contributed by atoms with van der Waals surface area (Å²) in [5, 5.41) is 8.59. The fourth-order valence-electron chi connectivity index (χ4n) is 3.16. The molecule has 202 valence electrons. The Morgan fingerprint density at radius 3 is 1.70 bits per heavy atom. The van der Waals surface area contributed by atoms with Crippen molar-refractivity contribution < 1.29 is 0 Å². The Bertz CT molecular complexity index is 1350. The zero-order valence-electron chi connectivity index (χ0n) is 22.9. The van der Waals surface area contributed by atoms with Crippen molar-refractivity contribution in [1.29, 1.82) is 0 Å². The van der Waals surface area contributed by atoms with E-state index in [-0.39, 0.29) is 37.7 Å². The molecule has 0 aliphatic carbocycles. The number of thioether (sulfide) groups is 1. The fourth-order valence-corrected chi connectivity index (χ4v) is 4.58. The standard InChI is InChI=1S/C19H25ClN2OS.C8H11ClN2OS/c1-18(2,3)14-9-7-13(8-10-14)12-24-15-11-21-22(19(4,5)6)17(23)16(15)20;1-8(2,3)11-7(12)6(9)5(13)4-10-11/h7-11H,12H2,1-6H3;4,13H,1-3H3. The molecular weight excluding hydrogens is 547 g/mol. The highest BCUT2D eigenvalue weighted by atomic mass is 35.5. The minimum atomic E-state index is -0.382. The molecule has 3 aromatic rings. The van der Waals surface area contributed by atoms with Crippen LogP contribution in [0.15, 0.2) is 56.0 Å². The van der Waals surface area contributed by atoms with Gasteiger partial charge >= 0.3 is 0 Å². The smallest absolute Gasteiger partial charge is 0.266 e. The van der Waals surface area contributed by atoms with Crippen molar-refractivity contribution >= 4 is 47.6 Å². The summed E-state index contributed by atoms with van der Waals surface area (Å²) in [5.74, 6) is 0.755. The highest BCUT2D eigenvalue weighted by Crippen LogP contribution is 2.29. The number of hydrogen-bond donors (Lipinski definition) is 1. The number of benzene rings is 1. The minimum absolute atomic E-state index is 0.119. The molecule has 0 fully saturated rings. The van der Waals surface area contributed by atoms with Crippen molar-refractivity contribution in [3.63, 3.8) is 0 Å². The summed E-state index contributed by atoms with van der Waals surface area (Å²) in [6, 6.07) is 8.58. The zero-order chi connectivity index (χ0) is 28.3. The second kappa shape index (κ2) is 12.0. The average molecular weight is 584 g/mol. The quantitative estimate of drug-likeness (QED) is 0.261. The maximum absolute atomic E-state index is 12.4. The van der Waals surface area contributed by atoms with Crippen LogP contribution in [0.4, 0.5) is 0 Å². The summed E-state index contributed by atoms with van der Waals surface area (Å²) in [6.45, 7) is 18.1. The fraction of sp³-hybridized carbons (Fsp3) is 0.481. The Morgan fingerprint density at radius 2 is 1.24 bits per heavy atom. The van der Waals surface area contributed by atoms with Crippen molar-refractivity contribution in [3.05, 3.63) is 78.5 Å². The number of nitrogens with zero attached hydrogens (tertiary/aromatic N) is 4. The maximum Gasteiger partial charge on any atom is 0.287 e. The first-order chi connectivity index (χ1) is 16.8. The molecule has 3 rings (SSSR count). The summed E-state index contributed by atoms with van der Waals surface area (Å²) in [6.07, 6.45) is 3.15. The van der Waals surface area contributed by atoms with Gasteiger partial charge in [-0.15, -0.1) is 24.4 Å². The van der Waals surface area contributed by atoms with E-state index in [0.29, 0.717) is 4.90 Å². The molecule has 0 atom stereocenters. The van der Waals surface area contributed by atoms with Crippen LogP contribution in [0.1, 0.15) is 73.4 Å². The Balaban J connectivity index is 0.000000312. The summed E-state index contributed by atoms with van der Waals surface area (Å²) >= 11 is 17.5. The monoisotopic (exact) mass is 582 g/mol. The highest BCUT2D eigenvalue weighted by Gasteiger charge is 2.20. The van der Waals surface area contributed by atoms with E-state index in [2.05, 4.69) is 67.9 Å². The first-order valence-corrected chi connectivity index (χ1v) is 14.0. The molecule has 0 radical (unpaired) electrons. The second-order valence-corrected chi connectivity index (χ2v) is 13.9. The molecule has 6 nitrogen and oxygen atoms in total. The summed E-state index contributed by atoms with van der Waals surface area (Å²) < 4.78 is 2.77. The van der Waals surface area contributed by atoms with Crippen LogP contribution in [0.5, 0.6) is 0 Å². The van der Waals surface area contributed by atoms with Crippen LogP contribution < -0.4 is 11.1 Å². The van der Waals surface area contributed by atoms with Crippen LogP contribution in [0.2, 0.25) is 10.0 Å². The van der Waals surface area contributed by atoms with Crippen molar-refractivity contribution in [1.82, 2.24) is 19.6 Å². The summed E-state index contributed by atoms with van der Waals surface area (Å²) in [4.78, 5) is 25.0. The molecule has 0 unspecified atom stereocenters. The van der Waals surface area contributed by atoms with Crippen molar-refractivity contribution in [3.8, 4) is 0 Å². The molecule has 0 N–H and O–H groups in total. The van der Waals surface area contributed by atoms with Gasteiger partial charge in [0.15, 0.2) is 0 Å². The van der Waals surface area contributed by atoms with Gasteiger partial charge in [-0.05, 0) is 58.1 Å². The molecule has 2 aromatic heterocycles. The predicted octanol–water partition coefficient (Wildman–Crippen LogP) is 7.18. The lowest BCUT2D eigenvalue weighted by Crippen LogP contribution is -2.36. The van der Waals surface area contributed by atoms with Crippen molar-refractivity contribution in [2.24, 2.45) is 0 Å². The Morgan fingerprint density at radius 1 is 0.784 bits per heavy atom. The predicted molar refractivity (Wildman–Crippen MR) is 159 cm³/mol. The van der Waals surface area contributed by atoms with E-state index in [0.717, 1.165) is 10.6 Å². The van der Waals surface area contributed by atoms with Crippen LogP contribution in [-0.4, -0.2) is 19.6 Å². The van der Waals surface area contributed by atoms with Crippen molar-refractivity contribution in [2.45, 2.75) is 94.4 Å². The van der Waals surface area contributed by atoms with E-state index in [1.54, 1.807) is 6.20 Å². The molecule has 0 aliphatic heterocycles. The van der Waals surface area contributed by atoms with E-state index >= 15 is 0 Å². The first kappa shape index (κ1) is 31.5. The van der Waals surface area contributed by atoms with Gasteiger partial charge in [0.25, 0.3) is 11.1 Å². The van der Waals surface area contributed by atoms with Gasteiger partial charge in [-0.2, -0.15) is 10.2 Å². The van der Waals surface area contributed by atoms with Gasteiger partial charge in [-0.3, -0.25) is 9.59 Å². The van der Waals surface area contributed by atoms with Crippen LogP contribution in [0, 0.1) is 0 Å². The molecular formula is C27H36Cl2N4O2S2. The molecule has 0 saturated heterocycles. The first-order valence-electron chi connectivity index (χ1n) is 11.8. The zero-order valence-corrected chi connectivity index (χ0v) is 26.1. The van der Waals surface area contributed by atoms with Gasteiger partial charge in [0.05, 0.1) is 28.4 Å². The number of halogens is 2. The van der Waals surface area contributed by atoms with Crippen LogP contribution in [0.25, 0.3) is 0 Å². The van der Waals surface area contributed by atoms with E-state index in [1.165, 1.54) is 38.4 Å². The molecule has 0 spiro atoms. The molecule has 1 aromatic carbocycles. The second-order valence-electron chi connectivity index (χ2n) is 11.7. The van der Waals surface area contributed by atoms with Gasteiger partial charge < -0.3 is 0 Å². The lowest BCUT2D eigenvalue weighted by Gasteiger charge is -2.21. The van der Waals surface area contributed by atoms with E-state index in [9.17, 15) is 9.59 Å². The van der Waals surface area contributed by atoms with E-state index in [4.69, 9.17) is 23.2 Å². The normalized spacial score (nSPS) is 12.2. The van der Waals surface area contributed by atoms with Gasteiger partial charge in [0.2, 0.25) is 0 Å². The Labute approximate surface area is 239 Å². The third kappa shape index (κ3) is 8.37. The van der Waals surface area contributed by atoms with Gasteiger partial charge in [0.1, 0.15) is 10.0 Å². The van der Waals surface area contributed by atoms with Gasteiger partial charge in [-0.25, -0.2) is 9.36 Å². The molecule has 0 bridgehead atoms. The number of rotatable bonds is 3. The van der Waals surface area contributed by atoms with E-state index < -0.39 is 0 Å². The van der Waals surface area contributed by atoms with Crippen LogP contribution in [-0.2, 0) is 22.2 Å². The minimum Gasteiger partial charge on any atom is -0.266 e.